The molecule has 0 radical (unpaired) electrons. The zero-order valence-electron chi connectivity index (χ0n) is 15.7. The van der Waals surface area contributed by atoms with E-state index in [2.05, 4.69) is 10.6 Å². The molecule has 2 amide bonds. The Hall–Kier alpha value is -1.97. The summed E-state index contributed by atoms with van der Waals surface area (Å²) in [5.41, 5.74) is 0.874. The summed E-state index contributed by atoms with van der Waals surface area (Å²) >= 11 is 0. The molecule has 1 aromatic rings. The van der Waals surface area contributed by atoms with Crippen LogP contribution in [0, 0.1) is 0 Å². The molecule has 1 atom stereocenters. The number of rotatable bonds is 7. The van der Waals surface area contributed by atoms with Crippen molar-refractivity contribution in [2.45, 2.75) is 37.6 Å². The quantitative estimate of drug-likeness (QED) is 0.643. The van der Waals surface area contributed by atoms with E-state index in [1.54, 1.807) is 24.3 Å². The van der Waals surface area contributed by atoms with Gasteiger partial charge < -0.3 is 15.4 Å². The number of hydrogen-bond donors (Lipinski definition) is 2. The van der Waals surface area contributed by atoms with E-state index in [4.69, 9.17) is 4.74 Å². The Balaban J connectivity index is 1.85. The summed E-state index contributed by atoms with van der Waals surface area (Å²) in [6.45, 7) is 5.57. The van der Waals surface area contributed by atoms with Crippen molar-refractivity contribution in [2.75, 3.05) is 32.8 Å². The molecule has 2 N–H and O–H groups in total. The normalized spacial score (nSPS) is 16.5. The molecule has 1 fully saturated rings. The van der Waals surface area contributed by atoms with Crippen LogP contribution in [0.25, 0.3) is 0 Å². The molecule has 9 heteroatoms. The average Bonchev–Trinajstić information content (AvgIpc) is 2.68. The second-order valence-corrected chi connectivity index (χ2v) is 8.39. The van der Waals surface area contributed by atoms with Crippen LogP contribution in [0.15, 0.2) is 29.2 Å². The molecule has 0 aliphatic carbocycles. The summed E-state index contributed by atoms with van der Waals surface area (Å²) in [4.78, 5) is 23.6. The first-order valence-electron chi connectivity index (χ1n) is 9.10. The van der Waals surface area contributed by atoms with E-state index in [9.17, 15) is 18.0 Å². The summed E-state index contributed by atoms with van der Waals surface area (Å²) in [6.07, 6.45) is 1.25. The lowest BCUT2D eigenvalue weighted by Crippen LogP contribution is -2.43. The highest BCUT2D eigenvalue weighted by molar-refractivity contribution is 7.89. The maximum atomic E-state index is 12.6. The summed E-state index contributed by atoms with van der Waals surface area (Å²) in [5.74, 6) is -1.31. The molecule has 1 saturated heterocycles. The third-order valence-corrected chi connectivity index (χ3v) is 6.34. The second-order valence-electron chi connectivity index (χ2n) is 6.45. The van der Waals surface area contributed by atoms with E-state index < -0.39 is 21.8 Å². The maximum absolute atomic E-state index is 12.6. The van der Waals surface area contributed by atoms with Gasteiger partial charge >= 0.3 is 11.8 Å². The molecule has 150 valence electrons. The van der Waals surface area contributed by atoms with Crippen molar-refractivity contribution in [3.8, 4) is 0 Å². The first kappa shape index (κ1) is 21.3. The minimum absolute atomic E-state index is 0.0517. The standard InChI is InChI=1S/C18H27N3O5S/c1-3-14(2)20-18(23)17(22)19-9-8-15-4-6-16(7-5-15)27(24,25)21-10-12-26-13-11-21/h4-7,14H,3,8-13H2,1-2H3,(H,19,22)(H,20,23)/t14-/m0/s1. The predicted octanol–water partition coefficient (Wildman–Crippen LogP) is 0.281. The van der Waals surface area contributed by atoms with Gasteiger partial charge in [-0.05, 0) is 37.5 Å². The Labute approximate surface area is 160 Å². The molecule has 0 unspecified atom stereocenters. The summed E-state index contributed by atoms with van der Waals surface area (Å²) in [5, 5.41) is 5.17. The highest BCUT2D eigenvalue weighted by Gasteiger charge is 2.26. The van der Waals surface area contributed by atoms with Crippen LogP contribution in [-0.2, 0) is 30.8 Å². The minimum atomic E-state index is -3.51. The summed E-state index contributed by atoms with van der Waals surface area (Å²) in [6, 6.07) is 6.52. The van der Waals surface area contributed by atoms with Crippen LogP contribution in [-0.4, -0.2) is 63.4 Å². The molecule has 1 aromatic carbocycles. The largest absolute Gasteiger partial charge is 0.379 e. The van der Waals surface area contributed by atoms with Gasteiger partial charge in [0.2, 0.25) is 10.0 Å². The van der Waals surface area contributed by atoms with Gasteiger partial charge in [-0.15, -0.1) is 0 Å². The highest BCUT2D eigenvalue weighted by atomic mass is 32.2. The predicted molar refractivity (Wildman–Crippen MR) is 101 cm³/mol. The van der Waals surface area contributed by atoms with Gasteiger partial charge in [0.15, 0.2) is 0 Å². The Morgan fingerprint density at radius 2 is 1.78 bits per heavy atom. The van der Waals surface area contributed by atoms with E-state index in [0.29, 0.717) is 39.3 Å². The van der Waals surface area contributed by atoms with Gasteiger partial charge in [0.1, 0.15) is 0 Å². The fraction of sp³-hybridized carbons (Fsp3) is 0.556. The Morgan fingerprint density at radius 3 is 2.37 bits per heavy atom. The third-order valence-electron chi connectivity index (χ3n) is 4.43. The number of nitrogens with zero attached hydrogens (tertiary/aromatic N) is 1. The minimum Gasteiger partial charge on any atom is -0.379 e. The molecule has 8 nitrogen and oxygen atoms in total. The molecule has 1 aliphatic heterocycles. The van der Waals surface area contributed by atoms with Crippen molar-refractivity contribution in [1.82, 2.24) is 14.9 Å². The van der Waals surface area contributed by atoms with Crippen molar-refractivity contribution < 1.29 is 22.7 Å². The lowest BCUT2D eigenvalue weighted by Gasteiger charge is -2.26. The van der Waals surface area contributed by atoms with E-state index in [0.717, 1.165) is 12.0 Å². The zero-order valence-corrected chi connectivity index (χ0v) is 16.5. The van der Waals surface area contributed by atoms with Crippen molar-refractivity contribution in [3.63, 3.8) is 0 Å². The van der Waals surface area contributed by atoms with Crippen LogP contribution in [0.1, 0.15) is 25.8 Å². The number of hydrogen-bond acceptors (Lipinski definition) is 5. The molecule has 0 aromatic heterocycles. The Kier molecular flexibility index (Phi) is 7.76. The van der Waals surface area contributed by atoms with E-state index in [-0.39, 0.29) is 10.9 Å². The van der Waals surface area contributed by atoms with Crippen molar-refractivity contribution in [1.29, 1.82) is 0 Å². The van der Waals surface area contributed by atoms with Crippen molar-refractivity contribution in [3.05, 3.63) is 29.8 Å². The monoisotopic (exact) mass is 397 g/mol. The molecule has 1 aliphatic rings. The van der Waals surface area contributed by atoms with Gasteiger partial charge in [0, 0.05) is 25.7 Å². The highest BCUT2D eigenvalue weighted by Crippen LogP contribution is 2.17. The Morgan fingerprint density at radius 1 is 1.15 bits per heavy atom. The fourth-order valence-electron chi connectivity index (χ4n) is 2.56. The van der Waals surface area contributed by atoms with Crippen LogP contribution in [0.5, 0.6) is 0 Å². The van der Waals surface area contributed by atoms with Gasteiger partial charge in [0.25, 0.3) is 0 Å². The molecule has 0 bridgehead atoms. The first-order chi connectivity index (χ1) is 12.8. The van der Waals surface area contributed by atoms with Crippen molar-refractivity contribution in [2.24, 2.45) is 0 Å². The van der Waals surface area contributed by atoms with Gasteiger partial charge in [-0.2, -0.15) is 4.31 Å². The summed E-state index contributed by atoms with van der Waals surface area (Å²) < 4.78 is 31.7. The smallest absolute Gasteiger partial charge is 0.309 e. The van der Waals surface area contributed by atoms with Gasteiger partial charge in [0.05, 0.1) is 18.1 Å². The van der Waals surface area contributed by atoms with Crippen LogP contribution in [0.2, 0.25) is 0 Å². The first-order valence-corrected chi connectivity index (χ1v) is 10.5. The van der Waals surface area contributed by atoms with Crippen LogP contribution in [0.4, 0.5) is 0 Å². The summed E-state index contributed by atoms with van der Waals surface area (Å²) in [7, 11) is -3.51. The zero-order chi connectivity index (χ0) is 19.9. The van der Waals surface area contributed by atoms with Gasteiger partial charge in [-0.1, -0.05) is 19.1 Å². The molecule has 27 heavy (non-hydrogen) atoms. The topological polar surface area (TPSA) is 105 Å². The Bertz CT molecular complexity index is 743. The number of nitrogens with one attached hydrogen (secondary N) is 2. The van der Waals surface area contributed by atoms with E-state index in [1.165, 1.54) is 4.31 Å². The molecule has 0 spiro atoms. The lowest BCUT2D eigenvalue weighted by atomic mass is 10.1. The number of ether oxygens (including phenoxy) is 1. The SMILES string of the molecule is CC[C@H](C)NC(=O)C(=O)NCCc1ccc(S(=O)(=O)N2CCOCC2)cc1. The number of sulfonamides is 1. The van der Waals surface area contributed by atoms with E-state index >= 15 is 0 Å². The second kappa shape index (κ2) is 9.82. The number of carbonyl (C=O) groups excluding carboxylic acids is 2. The number of amides is 2. The van der Waals surface area contributed by atoms with Crippen LogP contribution in [0.3, 0.4) is 0 Å². The molecule has 2 rings (SSSR count). The molecular weight excluding hydrogens is 370 g/mol. The average molecular weight is 397 g/mol. The number of benzene rings is 1. The van der Waals surface area contributed by atoms with Gasteiger partial charge in [-0.25, -0.2) is 8.42 Å². The van der Waals surface area contributed by atoms with Crippen molar-refractivity contribution >= 4 is 21.8 Å². The number of morpholine rings is 1. The third kappa shape index (κ3) is 6.02. The number of carbonyl (C=O) groups is 2. The lowest BCUT2D eigenvalue weighted by molar-refractivity contribution is -0.139. The van der Waals surface area contributed by atoms with Crippen LogP contribution >= 0.6 is 0 Å². The molecular formula is C18H27N3O5S. The molecule has 0 saturated carbocycles. The fourth-order valence-corrected chi connectivity index (χ4v) is 3.96. The van der Waals surface area contributed by atoms with Crippen LogP contribution < -0.4 is 10.6 Å². The molecule has 1 heterocycles. The van der Waals surface area contributed by atoms with Gasteiger partial charge in [-0.3, -0.25) is 9.59 Å². The maximum Gasteiger partial charge on any atom is 0.309 e. The van der Waals surface area contributed by atoms with E-state index in [1.807, 2.05) is 13.8 Å².